The van der Waals surface area contributed by atoms with Crippen molar-refractivity contribution >= 4 is 11.7 Å². The monoisotopic (exact) mass is 255 g/mol. The highest BCUT2D eigenvalue weighted by molar-refractivity contribution is 5.90. The van der Waals surface area contributed by atoms with Crippen LogP contribution in [-0.2, 0) is 9.59 Å². The maximum Gasteiger partial charge on any atom is 0.224 e. The third-order valence-electron chi connectivity index (χ3n) is 4.39. The number of ketones is 1. The highest BCUT2D eigenvalue weighted by atomic mass is 16.2. The van der Waals surface area contributed by atoms with E-state index >= 15 is 0 Å². The molecule has 0 radical (unpaired) electrons. The smallest absolute Gasteiger partial charge is 0.224 e. The van der Waals surface area contributed by atoms with Gasteiger partial charge < -0.3 is 4.90 Å². The molecule has 0 aromatic carbocycles. The minimum Gasteiger partial charge on any atom is -0.334 e. The minimum atomic E-state index is -0.738. The fourth-order valence-corrected chi connectivity index (χ4v) is 1.96. The van der Waals surface area contributed by atoms with Crippen molar-refractivity contribution in [2.75, 3.05) is 7.05 Å². The standard InChI is InChI=1S/C13H25N3O2/c1-8-9(2)14-15-11(8)7-12(18)16(6)13(4,5)10(3)17/h8-9,11,14-15H,7H2,1-6H3. The van der Waals surface area contributed by atoms with Crippen molar-refractivity contribution in [2.24, 2.45) is 5.92 Å². The van der Waals surface area contributed by atoms with Crippen molar-refractivity contribution in [3.63, 3.8) is 0 Å². The van der Waals surface area contributed by atoms with Crippen molar-refractivity contribution < 1.29 is 9.59 Å². The van der Waals surface area contributed by atoms with Gasteiger partial charge in [-0.1, -0.05) is 6.92 Å². The second kappa shape index (κ2) is 5.36. The summed E-state index contributed by atoms with van der Waals surface area (Å²) in [5.41, 5.74) is 5.54. The number of carbonyl (C=O) groups is 2. The van der Waals surface area contributed by atoms with E-state index in [9.17, 15) is 9.59 Å². The predicted molar refractivity (Wildman–Crippen MR) is 70.8 cm³/mol. The summed E-state index contributed by atoms with van der Waals surface area (Å²) in [6, 6.07) is 0.478. The molecule has 1 aliphatic heterocycles. The van der Waals surface area contributed by atoms with Crippen molar-refractivity contribution in [1.29, 1.82) is 0 Å². The molecule has 1 aliphatic rings. The molecule has 0 aromatic heterocycles. The lowest BCUT2D eigenvalue weighted by Crippen LogP contribution is -2.51. The molecule has 104 valence electrons. The van der Waals surface area contributed by atoms with E-state index in [1.807, 2.05) is 0 Å². The van der Waals surface area contributed by atoms with Gasteiger partial charge >= 0.3 is 0 Å². The van der Waals surface area contributed by atoms with E-state index in [1.54, 1.807) is 25.8 Å². The fraction of sp³-hybridized carbons (Fsp3) is 0.846. The molecule has 1 rings (SSSR count). The van der Waals surface area contributed by atoms with Gasteiger partial charge in [0.25, 0.3) is 0 Å². The number of carbonyl (C=O) groups excluding carboxylic acids is 2. The molecule has 1 amide bonds. The molecule has 3 atom stereocenters. The average Bonchev–Trinajstić information content (AvgIpc) is 2.59. The SMILES string of the molecule is CC(=O)C(C)(C)N(C)C(=O)CC1NNC(C)C1C. The van der Waals surface area contributed by atoms with Crippen LogP contribution in [0, 0.1) is 5.92 Å². The first kappa shape index (κ1) is 15.1. The Balaban J connectivity index is 2.64. The van der Waals surface area contributed by atoms with Gasteiger partial charge in [-0.3, -0.25) is 20.4 Å². The Labute approximate surface area is 109 Å². The van der Waals surface area contributed by atoms with Crippen LogP contribution in [-0.4, -0.2) is 41.3 Å². The van der Waals surface area contributed by atoms with Crippen LogP contribution in [0.3, 0.4) is 0 Å². The van der Waals surface area contributed by atoms with E-state index < -0.39 is 5.54 Å². The van der Waals surface area contributed by atoms with E-state index in [0.717, 1.165) is 0 Å². The quantitative estimate of drug-likeness (QED) is 0.776. The van der Waals surface area contributed by atoms with Gasteiger partial charge in [-0.2, -0.15) is 0 Å². The summed E-state index contributed by atoms with van der Waals surface area (Å²) in [5.74, 6) is 0.385. The first-order valence-electron chi connectivity index (χ1n) is 6.46. The Bertz CT molecular complexity index is 341. The van der Waals surface area contributed by atoms with Crippen LogP contribution in [0.15, 0.2) is 0 Å². The predicted octanol–water partition coefficient (Wildman–Crippen LogP) is 0.704. The van der Waals surface area contributed by atoms with Crippen molar-refractivity contribution in [2.45, 2.75) is 58.7 Å². The lowest BCUT2D eigenvalue weighted by Gasteiger charge is -2.34. The second-order valence-electron chi connectivity index (χ2n) is 5.82. The van der Waals surface area contributed by atoms with Crippen LogP contribution in [0.4, 0.5) is 0 Å². The molecule has 0 aliphatic carbocycles. The third kappa shape index (κ3) is 2.90. The highest BCUT2D eigenvalue weighted by Crippen LogP contribution is 2.20. The van der Waals surface area contributed by atoms with Gasteiger partial charge in [0.2, 0.25) is 5.91 Å². The van der Waals surface area contributed by atoms with Crippen molar-refractivity contribution in [3.8, 4) is 0 Å². The summed E-state index contributed by atoms with van der Waals surface area (Å²) < 4.78 is 0. The molecule has 0 aromatic rings. The molecule has 5 heteroatoms. The van der Waals surface area contributed by atoms with Gasteiger partial charge in [0.1, 0.15) is 0 Å². The van der Waals surface area contributed by atoms with Crippen LogP contribution in [0.2, 0.25) is 0 Å². The summed E-state index contributed by atoms with van der Waals surface area (Å²) in [5, 5.41) is 0. The molecule has 2 N–H and O–H groups in total. The van der Waals surface area contributed by atoms with Gasteiger partial charge in [0.15, 0.2) is 5.78 Å². The number of hydrogen-bond acceptors (Lipinski definition) is 4. The first-order valence-corrected chi connectivity index (χ1v) is 6.46. The second-order valence-corrected chi connectivity index (χ2v) is 5.82. The molecular formula is C13H25N3O2. The molecule has 5 nitrogen and oxygen atoms in total. The van der Waals surface area contributed by atoms with Gasteiger partial charge in [-0.05, 0) is 33.6 Å². The molecule has 3 unspecified atom stereocenters. The van der Waals surface area contributed by atoms with Gasteiger partial charge in [-0.15, -0.1) is 0 Å². The first-order chi connectivity index (χ1) is 8.17. The Hall–Kier alpha value is -0.940. The number of Topliss-reactive ketones (excluding diaryl/α,β-unsaturated/α-hetero) is 1. The van der Waals surface area contributed by atoms with Crippen LogP contribution in [0.25, 0.3) is 0 Å². The van der Waals surface area contributed by atoms with E-state index in [0.29, 0.717) is 18.4 Å². The molecule has 18 heavy (non-hydrogen) atoms. The van der Waals surface area contributed by atoms with E-state index in [-0.39, 0.29) is 17.7 Å². The normalized spacial score (nSPS) is 28.2. The molecular weight excluding hydrogens is 230 g/mol. The maximum atomic E-state index is 12.2. The zero-order valence-corrected chi connectivity index (χ0v) is 12.2. The Kier molecular flexibility index (Phi) is 4.50. The zero-order valence-electron chi connectivity index (χ0n) is 12.2. The molecule has 1 saturated heterocycles. The van der Waals surface area contributed by atoms with Crippen molar-refractivity contribution in [3.05, 3.63) is 0 Å². The lowest BCUT2D eigenvalue weighted by molar-refractivity contribution is -0.142. The van der Waals surface area contributed by atoms with Crippen LogP contribution in [0.1, 0.15) is 41.0 Å². The largest absolute Gasteiger partial charge is 0.334 e. The summed E-state index contributed by atoms with van der Waals surface area (Å²) in [7, 11) is 1.69. The summed E-state index contributed by atoms with van der Waals surface area (Å²) in [6.07, 6.45) is 0.408. The Morgan fingerprint density at radius 1 is 1.22 bits per heavy atom. The summed E-state index contributed by atoms with van der Waals surface area (Å²) in [6.45, 7) is 9.28. The summed E-state index contributed by atoms with van der Waals surface area (Å²) in [4.78, 5) is 25.3. The Morgan fingerprint density at radius 2 is 1.78 bits per heavy atom. The molecule has 0 saturated carbocycles. The maximum absolute atomic E-state index is 12.2. The number of rotatable bonds is 4. The third-order valence-corrected chi connectivity index (χ3v) is 4.39. The van der Waals surface area contributed by atoms with Gasteiger partial charge in [0.05, 0.1) is 5.54 Å². The summed E-state index contributed by atoms with van der Waals surface area (Å²) >= 11 is 0. The highest BCUT2D eigenvalue weighted by Gasteiger charge is 2.36. The molecule has 1 fully saturated rings. The number of amides is 1. The molecule has 0 spiro atoms. The molecule has 1 heterocycles. The van der Waals surface area contributed by atoms with E-state index in [1.165, 1.54) is 6.92 Å². The topological polar surface area (TPSA) is 61.4 Å². The van der Waals surface area contributed by atoms with Gasteiger partial charge in [0, 0.05) is 25.6 Å². The lowest BCUT2D eigenvalue weighted by atomic mass is 9.93. The van der Waals surface area contributed by atoms with E-state index in [2.05, 4.69) is 24.7 Å². The van der Waals surface area contributed by atoms with Crippen LogP contribution < -0.4 is 10.9 Å². The van der Waals surface area contributed by atoms with Crippen molar-refractivity contribution in [1.82, 2.24) is 15.8 Å². The number of nitrogens with one attached hydrogen (secondary N) is 2. The average molecular weight is 255 g/mol. The van der Waals surface area contributed by atoms with E-state index in [4.69, 9.17) is 0 Å². The number of likely N-dealkylation sites (N-methyl/N-ethyl adjacent to an activating group) is 1. The number of hydrazine groups is 1. The van der Waals surface area contributed by atoms with Crippen LogP contribution >= 0.6 is 0 Å². The number of nitrogens with zero attached hydrogens (tertiary/aromatic N) is 1. The minimum absolute atomic E-state index is 0.00253. The molecule has 0 bridgehead atoms. The Morgan fingerprint density at radius 3 is 2.17 bits per heavy atom. The fourth-order valence-electron chi connectivity index (χ4n) is 1.96. The van der Waals surface area contributed by atoms with Gasteiger partial charge in [-0.25, -0.2) is 0 Å². The number of hydrogen-bond donors (Lipinski definition) is 2. The zero-order chi connectivity index (χ0) is 14.1. The van der Waals surface area contributed by atoms with Crippen LogP contribution in [0.5, 0.6) is 0 Å².